The maximum Gasteiger partial charge on any atom is 0.274 e. The van der Waals surface area contributed by atoms with Crippen LogP contribution in [-0.4, -0.2) is 76.4 Å². The van der Waals surface area contributed by atoms with E-state index in [9.17, 15) is 14.4 Å². The highest BCUT2D eigenvalue weighted by Gasteiger charge is 2.26. The van der Waals surface area contributed by atoms with Gasteiger partial charge < -0.3 is 26.0 Å². The van der Waals surface area contributed by atoms with Crippen molar-refractivity contribution < 1.29 is 19.1 Å². The van der Waals surface area contributed by atoms with Crippen LogP contribution in [0.5, 0.6) is 5.88 Å². The maximum atomic E-state index is 13.5. The average molecular weight is 709 g/mol. The van der Waals surface area contributed by atoms with Crippen molar-refractivity contribution in [3.8, 4) is 28.4 Å². The molecule has 3 aliphatic heterocycles. The molecule has 6 heterocycles. The number of nitrogens with one attached hydrogen (secondary N) is 4. The Morgan fingerprint density at radius 1 is 1.00 bits per heavy atom. The molecule has 7 rings (SSSR count). The number of fused-ring (bicyclic) bond motifs is 1. The Hall–Kier alpha value is -4.91. The van der Waals surface area contributed by atoms with E-state index in [1.165, 1.54) is 0 Å². The van der Waals surface area contributed by atoms with E-state index in [0.717, 1.165) is 66.7 Å². The molecule has 0 bridgehead atoms. The van der Waals surface area contributed by atoms with Gasteiger partial charge in [-0.25, -0.2) is 4.98 Å². The molecular weight excluding hydrogens is 668 g/mol. The van der Waals surface area contributed by atoms with Gasteiger partial charge in [-0.3, -0.25) is 29.3 Å². The van der Waals surface area contributed by atoms with Crippen LogP contribution in [0.25, 0.3) is 22.5 Å². The lowest BCUT2D eigenvalue weighted by atomic mass is 9.99. The molecule has 3 amide bonds. The summed E-state index contributed by atoms with van der Waals surface area (Å²) < 4.78 is 5.63. The largest absolute Gasteiger partial charge is 0.481 e. The van der Waals surface area contributed by atoms with E-state index in [-0.39, 0.29) is 29.8 Å². The first-order valence-corrected chi connectivity index (χ1v) is 17.7. The number of carbonyl (C=O) groups is 3. The summed E-state index contributed by atoms with van der Waals surface area (Å²) in [5.74, 6) is 0.413. The van der Waals surface area contributed by atoms with Crippen LogP contribution in [0.1, 0.15) is 58.4 Å². The minimum absolute atomic E-state index is 0.0929. The zero-order chi connectivity index (χ0) is 35.5. The molecule has 2 atom stereocenters. The molecule has 0 unspecified atom stereocenters. The fraction of sp³-hybridized carbons (Fsp3) is 0.368. The quantitative estimate of drug-likeness (QED) is 0.177. The van der Waals surface area contributed by atoms with Gasteiger partial charge in [-0.15, -0.1) is 0 Å². The number of hydrogen-bond donors (Lipinski definition) is 4. The average Bonchev–Trinajstić information content (AvgIpc) is 3.75. The van der Waals surface area contributed by atoms with Gasteiger partial charge in [-0.05, 0) is 67.1 Å². The molecule has 3 aliphatic rings. The molecule has 12 nitrogen and oxygen atoms in total. The smallest absolute Gasteiger partial charge is 0.274 e. The molecule has 0 radical (unpaired) electrons. The molecule has 2 saturated heterocycles. The van der Waals surface area contributed by atoms with Gasteiger partial charge in [0.1, 0.15) is 5.69 Å². The highest BCUT2D eigenvalue weighted by atomic mass is 35.5. The molecule has 4 N–H and O–H groups in total. The number of carbonyl (C=O) groups excluding carboxylic acids is 3. The van der Waals surface area contributed by atoms with Crippen LogP contribution in [0.4, 0.5) is 5.69 Å². The second kappa shape index (κ2) is 15.1. The summed E-state index contributed by atoms with van der Waals surface area (Å²) in [6.07, 6.45) is 7.17. The van der Waals surface area contributed by atoms with Gasteiger partial charge in [0.25, 0.3) is 5.91 Å². The first-order chi connectivity index (χ1) is 24.7. The molecule has 51 heavy (non-hydrogen) atoms. The van der Waals surface area contributed by atoms with E-state index < -0.39 is 0 Å². The fourth-order valence-corrected chi connectivity index (χ4v) is 7.40. The van der Waals surface area contributed by atoms with Crippen LogP contribution in [-0.2, 0) is 29.1 Å². The number of rotatable bonds is 11. The number of benzene rings is 1. The van der Waals surface area contributed by atoms with Crippen molar-refractivity contribution in [2.75, 3.05) is 32.1 Å². The van der Waals surface area contributed by atoms with Crippen LogP contribution >= 0.6 is 11.6 Å². The number of hydrogen-bond acceptors (Lipinski definition) is 9. The Kier molecular flexibility index (Phi) is 10.3. The predicted molar refractivity (Wildman–Crippen MR) is 194 cm³/mol. The highest BCUT2D eigenvalue weighted by molar-refractivity contribution is 6.35. The van der Waals surface area contributed by atoms with E-state index >= 15 is 0 Å². The summed E-state index contributed by atoms with van der Waals surface area (Å²) in [7, 11) is 1.59. The Labute approximate surface area is 301 Å². The van der Waals surface area contributed by atoms with E-state index in [1.807, 2.05) is 49.4 Å². The monoisotopic (exact) mass is 708 g/mol. The number of pyridine rings is 3. The van der Waals surface area contributed by atoms with Gasteiger partial charge in [0, 0.05) is 92.4 Å². The van der Waals surface area contributed by atoms with Gasteiger partial charge in [0.05, 0.1) is 23.5 Å². The summed E-state index contributed by atoms with van der Waals surface area (Å²) >= 11 is 7.03. The predicted octanol–water partition coefficient (Wildman–Crippen LogP) is 4.43. The third kappa shape index (κ3) is 7.73. The second-order valence-corrected chi connectivity index (χ2v) is 13.8. The van der Waals surface area contributed by atoms with Crippen molar-refractivity contribution in [1.82, 2.24) is 35.8 Å². The van der Waals surface area contributed by atoms with Crippen LogP contribution in [0, 0.1) is 6.92 Å². The number of aromatic nitrogens is 3. The molecule has 3 aromatic heterocycles. The molecule has 264 valence electrons. The van der Waals surface area contributed by atoms with E-state index in [1.54, 1.807) is 19.5 Å². The van der Waals surface area contributed by atoms with E-state index in [0.29, 0.717) is 65.2 Å². The number of halogens is 1. The Morgan fingerprint density at radius 2 is 1.80 bits per heavy atom. The summed E-state index contributed by atoms with van der Waals surface area (Å²) in [6, 6.07) is 13.6. The first kappa shape index (κ1) is 34.5. The lowest BCUT2D eigenvalue weighted by Crippen LogP contribution is -2.41. The Balaban J connectivity index is 1.04. The molecule has 2 fully saturated rings. The number of methoxy groups -OCH3 is 1. The molecule has 4 aromatic rings. The van der Waals surface area contributed by atoms with Gasteiger partial charge in [-0.1, -0.05) is 29.8 Å². The lowest BCUT2D eigenvalue weighted by Gasteiger charge is -2.30. The molecule has 1 aromatic carbocycles. The highest BCUT2D eigenvalue weighted by Crippen LogP contribution is 2.38. The van der Waals surface area contributed by atoms with Crippen molar-refractivity contribution in [3.63, 3.8) is 0 Å². The minimum Gasteiger partial charge on any atom is -0.481 e. The third-order valence-corrected chi connectivity index (χ3v) is 10.3. The van der Waals surface area contributed by atoms with Crippen LogP contribution in [0.15, 0.2) is 54.9 Å². The Bertz CT molecular complexity index is 1990. The van der Waals surface area contributed by atoms with E-state index in [4.69, 9.17) is 21.3 Å². The summed E-state index contributed by atoms with van der Waals surface area (Å²) in [5, 5.41) is 12.9. The van der Waals surface area contributed by atoms with Crippen molar-refractivity contribution in [1.29, 1.82) is 0 Å². The second-order valence-electron chi connectivity index (χ2n) is 13.4. The fourth-order valence-electron chi connectivity index (χ4n) is 7.09. The van der Waals surface area contributed by atoms with Crippen molar-refractivity contribution >= 4 is 35.0 Å². The number of anilines is 1. The van der Waals surface area contributed by atoms with Crippen LogP contribution in [0.2, 0.25) is 5.02 Å². The summed E-state index contributed by atoms with van der Waals surface area (Å²) in [6.45, 7) is 5.57. The first-order valence-electron chi connectivity index (χ1n) is 17.4. The molecule has 13 heteroatoms. The topological polar surface area (TPSA) is 150 Å². The zero-order valence-electron chi connectivity index (χ0n) is 28.7. The molecule has 0 spiro atoms. The third-order valence-electron chi connectivity index (χ3n) is 9.90. The van der Waals surface area contributed by atoms with Crippen molar-refractivity contribution in [2.45, 2.75) is 64.2 Å². The lowest BCUT2D eigenvalue weighted by molar-refractivity contribution is -0.120. The SMILES string of the molecule is COc1nc(-c2ccnc(-c3cccc(NC(=O)c4cc5c(cn4)CN(C[C@@H]4CCC(=O)N4)CC5)c3C)c2Cl)ccc1CNC[C@H]1CCC(=O)N1. The standard InChI is InChI=1S/C38H41ClN8O4/c1-22-28(36-35(39)29(12-14-41-36)31-9-6-24(38(46-31)51-2)17-40-19-26-7-10-33(48)43-26)4-3-5-30(22)45-37(50)32-16-23-13-15-47(20-25(23)18-42-32)21-27-8-11-34(49)44-27/h3-6,9,12,14,16,18,26-27,40H,7-8,10-11,13,15,17,19-21H2,1-2H3,(H,43,48)(H,44,49)(H,45,50)/t26-,27+/m1/s1. The number of ether oxygens (including phenoxy) is 1. The molecule has 0 aliphatic carbocycles. The van der Waals surface area contributed by atoms with Gasteiger partial charge in [0.2, 0.25) is 17.7 Å². The van der Waals surface area contributed by atoms with Gasteiger partial charge in [-0.2, -0.15) is 0 Å². The normalized spacial score (nSPS) is 18.6. The molecular formula is C38H41ClN8O4. The minimum atomic E-state index is -0.291. The van der Waals surface area contributed by atoms with Gasteiger partial charge in [0.15, 0.2) is 0 Å². The maximum absolute atomic E-state index is 13.5. The van der Waals surface area contributed by atoms with Crippen LogP contribution in [0.3, 0.4) is 0 Å². The number of amides is 3. The van der Waals surface area contributed by atoms with Crippen molar-refractivity contribution in [2.24, 2.45) is 0 Å². The van der Waals surface area contributed by atoms with E-state index in [2.05, 4.69) is 36.1 Å². The Morgan fingerprint density at radius 3 is 2.57 bits per heavy atom. The van der Waals surface area contributed by atoms with Crippen molar-refractivity contribution in [3.05, 3.63) is 87.8 Å². The van der Waals surface area contributed by atoms with Crippen LogP contribution < -0.4 is 26.0 Å². The molecule has 0 saturated carbocycles. The zero-order valence-corrected chi connectivity index (χ0v) is 29.5. The summed E-state index contributed by atoms with van der Waals surface area (Å²) in [5.41, 5.74) is 7.62. The van der Waals surface area contributed by atoms with Gasteiger partial charge >= 0.3 is 0 Å². The summed E-state index contributed by atoms with van der Waals surface area (Å²) in [4.78, 5) is 52.8. The number of nitrogens with zero attached hydrogens (tertiary/aromatic N) is 4.